The topological polar surface area (TPSA) is 187 Å². The second kappa shape index (κ2) is 10.6. The van der Waals surface area contributed by atoms with E-state index in [1.165, 1.54) is 19.0 Å². The molecule has 3 fully saturated rings. The number of halogens is 2. The van der Waals surface area contributed by atoms with E-state index in [4.69, 9.17) is 17.3 Å². The maximum atomic E-state index is 14.2. The van der Waals surface area contributed by atoms with Gasteiger partial charge in [0.15, 0.2) is 40.4 Å². The van der Waals surface area contributed by atoms with E-state index in [1.54, 1.807) is 19.0 Å². The van der Waals surface area contributed by atoms with Gasteiger partial charge in [-0.15, -0.1) is 0 Å². The van der Waals surface area contributed by atoms with E-state index < -0.39 is 76.0 Å². The molecule has 43 heavy (non-hydrogen) atoms. The number of phenolic OH excluding ortho intramolecular Hbond substituents is 1. The number of aliphatic hydroxyl groups is 1. The van der Waals surface area contributed by atoms with Crippen molar-refractivity contribution >= 4 is 73.9 Å². The lowest BCUT2D eigenvalue weighted by molar-refractivity contribution is -0.181. The molecular weight excluding hydrogens is 648 g/mol. The first-order chi connectivity index (χ1) is 20.0. The van der Waals surface area contributed by atoms with Crippen molar-refractivity contribution in [3.8, 4) is 5.75 Å². The lowest BCUT2D eigenvalue weighted by Crippen LogP contribution is -2.74. The number of alkyl halides is 1. The standard InChI is InChI=1S/C29H34BrClN4O8/c1-34(2)20-12-8-11-9-13-21(35(3)4)24(39)17(27(32)42)26(41)29(13,43)25(40)15(11)22(37)16(12)23(38)19(18(20)31)33-14(36)10-28(30)6-5-7-28/h11,13,15,17,21,38,43H,5-10H2,1-4H3,(H2,32,42)(H,33,36)/t11?,13?,15?,17?,21-,29-/m0/s1. The maximum absolute atomic E-state index is 14.2. The first kappa shape index (κ1) is 31.6. The fourth-order valence-corrected chi connectivity index (χ4v) is 8.71. The molecule has 14 heteroatoms. The van der Waals surface area contributed by atoms with Gasteiger partial charge in [0.1, 0.15) is 5.69 Å². The Morgan fingerprint density at radius 3 is 2.26 bits per heavy atom. The Hall–Kier alpha value is -2.87. The number of hydrogen-bond acceptors (Lipinski definition) is 10. The maximum Gasteiger partial charge on any atom is 0.235 e. The predicted molar refractivity (Wildman–Crippen MR) is 159 cm³/mol. The largest absolute Gasteiger partial charge is 0.505 e. The van der Waals surface area contributed by atoms with Crippen LogP contribution in [0.15, 0.2) is 0 Å². The van der Waals surface area contributed by atoms with Crippen molar-refractivity contribution in [2.24, 2.45) is 29.4 Å². The van der Waals surface area contributed by atoms with Crippen LogP contribution in [-0.4, -0.2) is 94.2 Å². The number of ketones is 4. The molecule has 1 aromatic rings. The van der Waals surface area contributed by atoms with Gasteiger partial charge in [-0.05, 0) is 51.3 Å². The van der Waals surface area contributed by atoms with Gasteiger partial charge in [-0.2, -0.15) is 0 Å². The van der Waals surface area contributed by atoms with E-state index in [-0.39, 0.29) is 39.9 Å². The van der Waals surface area contributed by atoms with Crippen molar-refractivity contribution in [1.29, 1.82) is 0 Å². The Morgan fingerprint density at radius 1 is 1.12 bits per heavy atom. The fraction of sp³-hybridized carbons (Fsp3) is 0.586. The summed E-state index contributed by atoms with van der Waals surface area (Å²) in [6, 6.07) is -1.20. The Labute approximate surface area is 261 Å². The second-order valence-corrected chi connectivity index (χ2v) is 14.7. The van der Waals surface area contributed by atoms with Crippen molar-refractivity contribution in [1.82, 2.24) is 4.90 Å². The van der Waals surface area contributed by atoms with Crippen LogP contribution in [0, 0.1) is 23.7 Å². The number of Topliss-reactive ketones (excluding diaryl/α,β-unsaturated/α-hetero) is 4. The number of rotatable bonds is 6. The number of carbonyl (C=O) groups excluding carboxylic acids is 6. The number of carbonyl (C=O) groups is 6. The van der Waals surface area contributed by atoms with Crippen molar-refractivity contribution in [3.05, 3.63) is 16.1 Å². The molecule has 0 saturated heterocycles. The number of fused-ring (bicyclic) bond motifs is 3. The number of amides is 2. The molecule has 0 aliphatic heterocycles. The zero-order chi connectivity index (χ0) is 31.9. The van der Waals surface area contributed by atoms with Crippen molar-refractivity contribution in [3.63, 3.8) is 0 Å². The highest BCUT2D eigenvalue weighted by Gasteiger charge is 2.69. The van der Waals surface area contributed by atoms with E-state index in [9.17, 15) is 39.0 Å². The molecule has 6 atom stereocenters. The van der Waals surface area contributed by atoms with Crippen LogP contribution in [0.5, 0.6) is 5.75 Å². The minimum atomic E-state index is -2.83. The zero-order valence-electron chi connectivity index (χ0n) is 24.2. The van der Waals surface area contributed by atoms with Gasteiger partial charge in [0, 0.05) is 30.8 Å². The summed E-state index contributed by atoms with van der Waals surface area (Å²) in [7, 11) is 6.40. The third kappa shape index (κ3) is 4.61. The molecule has 0 radical (unpaired) electrons. The summed E-state index contributed by atoms with van der Waals surface area (Å²) in [5, 5.41) is 25.8. The summed E-state index contributed by atoms with van der Waals surface area (Å²) in [6.07, 6.45) is 2.65. The number of benzene rings is 1. The summed E-state index contributed by atoms with van der Waals surface area (Å²) in [4.78, 5) is 83.2. The lowest BCUT2D eigenvalue weighted by atomic mass is 9.52. The summed E-state index contributed by atoms with van der Waals surface area (Å²) >= 11 is 10.3. The van der Waals surface area contributed by atoms with Crippen LogP contribution in [0.1, 0.15) is 48.0 Å². The molecule has 4 aliphatic rings. The lowest BCUT2D eigenvalue weighted by Gasteiger charge is -2.52. The molecule has 3 saturated carbocycles. The minimum Gasteiger partial charge on any atom is -0.505 e. The van der Waals surface area contributed by atoms with E-state index in [0.29, 0.717) is 11.3 Å². The van der Waals surface area contributed by atoms with Crippen LogP contribution in [0.2, 0.25) is 5.02 Å². The number of aromatic hydroxyl groups is 1. The van der Waals surface area contributed by atoms with E-state index >= 15 is 0 Å². The van der Waals surface area contributed by atoms with Crippen LogP contribution in [0.4, 0.5) is 11.4 Å². The van der Waals surface area contributed by atoms with Crippen LogP contribution >= 0.6 is 27.5 Å². The molecule has 0 spiro atoms. The van der Waals surface area contributed by atoms with Crippen LogP contribution in [0.25, 0.3) is 0 Å². The van der Waals surface area contributed by atoms with Crippen LogP contribution < -0.4 is 16.0 Å². The highest BCUT2D eigenvalue weighted by Crippen LogP contribution is 2.55. The fourth-order valence-electron chi connectivity index (χ4n) is 7.48. The number of likely N-dealkylation sites (N-methyl/N-ethyl adjacent to an activating group) is 1. The molecule has 12 nitrogen and oxygen atoms in total. The molecular formula is C29H34BrClN4O8. The van der Waals surface area contributed by atoms with Crippen molar-refractivity contribution in [2.45, 2.75) is 54.5 Å². The Kier molecular flexibility index (Phi) is 7.81. The number of nitrogens with zero attached hydrogens (tertiary/aromatic N) is 2. The molecule has 0 aromatic heterocycles. The average Bonchev–Trinajstić information content (AvgIpc) is 2.87. The molecule has 0 heterocycles. The smallest absolute Gasteiger partial charge is 0.235 e. The normalized spacial score (nSPS) is 31.1. The van der Waals surface area contributed by atoms with Gasteiger partial charge in [-0.25, -0.2) is 0 Å². The molecule has 5 N–H and O–H groups in total. The first-order valence-electron chi connectivity index (χ1n) is 14.0. The Bertz CT molecular complexity index is 1490. The summed E-state index contributed by atoms with van der Waals surface area (Å²) in [6.45, 7) is 0. The molecule has 4 unspecified atom stereocenters. The van der Waals surface area contributed by atoms with Gasteiger partial charge in [0.25, 0.3) is 0 Å². The summed E-state index contributed by atoms with van der Waals surface area (Å²) < 4.78 is -0.359. The molecule has 232 valence electrons. The van der Waals surface area contributed by atoms with Gasteiger partial charge < -0.3 is 26.2 Å². The molecule has 4 aliphatic carbocycles. The molecule has 1 aromatic carbocycles. The highest BCUT2D eigenvalue weighted by molar-refractivity contribution is 9.10. The first-order valence-corrected chi connectivity index (χ1v) is 15.2. The van der Waals surface area contributed by atoms with Crippen molar-refractivity contribution < 1.29 is 39.0 Å². The second-order valence-electron chi connectivity index (χ2n) is 12.7. The monoisotopic (exact) mass is 680 g/mol. The number of nitrogens with two attached hydrogens (primary N) is 1. The van der Waals surface area contributed by atoms with Gasteiger partial charge in [-0.3, -0.25) is 33.7 Å². The molecule has 2 amide bonds. The zero-order valence-corrected chi connectivity index (χ0v) is 26.5. The summed E-state index contributed by atoms with van der Waals surface area (Å²) in [5.41, 5.74) is 2.82. The van der Waals surface area contributed by atoms with E-state index in [2.05, 4.69) is 21.2 Å². The van der Waals surface area contributed by atoms with Gasteiger partial charge in [0.05, 0.1) is 28.2 Å². The number of anilines is 2. The highest BCUT2D eigenvalue weighted by atomic mass is 79.9. The average molecular weight is 682 g/mol. The minimum absolute atomic E-state index is 0.00946. The Morgan fingerprint density at radius 2 is 1.74 bits per heavy atom. The van der Waals surface area contributed by atoms with Gasteiger partial charge in [0.2, 0.25) is 11.8 Å². The third-order valence-corrected chi connectivity index (χ3v) is 11.0. The van der Waals surface area contributed by atoms with Gasteiger partial charge >= 0.3 is 0 Å². The summed E-state index contributed by atoms with van der Waals surface area (Å²) in [5.74, 6) is -12.1. The quantitative estimate of drug-likeness (QED) is 0.193. The number of primary amides is 1. The predicted octanol–water partition coefficient (Wildman–Crippen LogP) is 1.23. The van der Waals surface area contributed by atoms with Crippen molar-refractivity contribution in [2.75, 3.05) is 38.4 Å². The third-order valence-electron chi connectivity index (χ3n) is 9.58. The molecule has 5 rings (SSSR count). The van der Waals surface area contributed by atoms with Crippen LogP contribution in [0.3, 0.4) is 0 Å². The SMILES string of the molecule is CN(C)c1c(Cl)c(NC(=O)CC2(Br)CCC2)c(O)c2c1CC1CC3[C@H](N(C)C)C(=O)C(C(N)=O)C(=O)[C@@]3(O)C(=O)C1C2=O. The number of phenols is 1. The van der Waals surface area contributed by atoms with Crippen LogP contribution in [-0.2, 0) is 30.4 Å². The van der Waals surface area contributed by atoms with Gasteiger partial charge in [-0.1, -0.05) is 34.0 Å². The number of nitrogens with one attached hydrogen (secondary N) is 1. The van der Waals surface area contributed by atoms with E-state index in [0.717, 1.165) is 19.3 Å². The van der Waals surface area contributed by atoms with E-state index in [1.807, 2.05) is 0 Å². The number of hydrogen-bond donors (Lipinski definition) is 4. The Balaban J connectivity index is 1.62. The molecule has 0 bridgehead atoms.